The number of carbonyl (C=O) groups excluding carboxylic acids is 1. The topological polar surface area (TPSA) is 85.0 Å². The van der Waals surface area contributed by atoms with Crippen molar-refractivity contribution in [3.63, 3.8) is 0 Å². The lowest BCUT2D eigenvalue weighted by molar-refractivity contribution is 0.102. The fraction of sp³-hybridized carbons (Fsp3) is 0.241. The van der Waals surface area contributed by atoms with E-state index in [1.807, 2.05) is 42.7 Å². The number of benzene rings is 3. The van der Waals surface area contributed by atoms with Crippen LogP contribution >= 0.6 is 0 Å². The summed E-state index contributed by atoms with van der Waals surface area (Å²) in [5.41, 5.74) is 11.4. The summed E-state index contributed by atoms with van der Waals surface area (Å²) in [4.78, 5) is 17.0. The van der Waals surface area contributed by atoms with Gasteiger partial charge in [-0.15, -0.1) is 0 Å². The molecule has 1 aromatic heterocycles. The van der Waals surface area contributed by atoms with Crippen LogP contribution in [0.2, 0.25) is 0 Å². The molecule has 3 aromatic carbocycles. The zero-order valence-corrected chi connectivity index (χ0v) is 19.7. The van der Waals surface area contributed by atoms with E-state index < -0.39 is 0 Å². The van der Waals surface area contributed by atoms with E-state index in [0.717, 1.165) is 31.6 Å². The molecule has 4 N–H and O–H groups in total. The van der Waals surface area contributed by atoms with Crippen LogP contribution in [0.25, 0.3) is 0 Å². The van der Waals surface area contributed by atoms with Crippen molar-refractivity contribution in [2.45, 2.75) is 44.3 Å². The Balaban J connectivity index is 1.04. The van der Waals surface area contributed by atoms with E-state index in [4.69, 9.17) is 5.73 Å². The number of imidazole rings is 1. The summed E-state index contributed by atoms with van der Waals surface area (Å²) in [7, 11) is 0. The summed E-state index contributed by atoms with van der Waals surface area (Å²) >= 11 is 0. The molecule has 5 rings (SSSR count). The summed E-state index contributed by atoms with van der Waals surface area (Å²) in [5, 5.41) is 6.50. The van der Waals surface area contributed by atoms with Gasteiger partial charge in [0.2, 0.25) is 0 Å². The number of nitrogens with zero attached hydrogens (tertiary/aromatic N) is 2. The van der Waals surface area contributed by atoms with E-state index >= 15 is 0 Å². The summed E-state index contributed by atoms with van der Waals surface area (Å²) in [6.45, 7) is 1.72. The summed E-state index contributed by atoms with van der Waals surface area (Å²) in [6, 6.07) is 26.3. The lowest BCUT2D eigenvalue weighted by atomic mass is 10.1. The molecule has 6 nitrogen and oxygen atoms in total. The average molecular weight is 466 g/mol. The Morgan fingerprint density at radius 2 is 1.77 bits per heavy atom. The van der Waals surface area contributed by atoms with Gasteiger partial charge in [-0.05, 0) is 54.7 Å². The maximum absolute atomic E-state index is 12.5. The van der Waals surface area contributed by atoms with E-state index in [9.17, 15) is 4.79 Å². The molecule has 178 valence electrons. The number of anilines is 2. The molecule has 1 amide bonds. The van der Waals surface area contributed by atoms with Gasteiger partial charge in [0.15, 0.2) is 0 Å². The van der Waals surface area contributed by atoms with Crippen molar-refractivity contribution in [1.29, 1.82) is 0 Å². The van der Waals surface area contributed by atoms with Gasteiger partial charge in [0, 0.05) is 36.8 Å². The van der Waals surface area contributed by atoms with Crippen LogP contribution in [0.3, 0.4) is 0 Å². The minimum atomic E-state index is -0.157. The predicted octanol–water partition coefficient (Wildman–Crippen LogP) is 5.00. The quantitative estimate of drug-likeness (QED) is 0.288. The molecule has 1 saturated carbocycles. The van der Waals surface area contributed by atoms with Gasteiger partial charge in [-0.25, -0.2) is 4.98 Å². The number of aryl methyl sites for hydroxylation is 2. The summed E-state index contributed by atoms with van der Waals surface area (Å²) in [5.74, 6) is 0.475. The number of para-hydroxylation sites is 2. The molecule has 35 heavy (non-hydrogen) atoms. The van der Waals surface area contributed by atoms with Crippen LogP contribution in [0.4, 0.5) is 11.4 Å². The maximum Gasteiger partial charge on any atom is 0.255 e. The number of nitrogens with one attached hydrogen (secondary N) is 2. The SMILES string of the molecule is Nc1ccccc1NC(=O)c1ccc(CCCn2cnc(CNC3CC3c3ccccc3)c2)cc1. The van der Waals surface area contributed by atoms with Gasteiger partial charge in [0.1, 0.15) is 0 Å². The van der Waals surface area contributed by atoms with Crippen molar-refractivity contribution in [2.75, 3.05) is 11.1 Å². The minimum absolute atomic E-state index is 0.157. The van der Waals surface area contributed by atoms with Crippen LogP contribution in [0.15, 0.2) is 91.4 Å². The molecule has 2 unspecified atom stereocenters. The first-order valence-electron chi connectivity index (χ1n) is 12.2. The molecule has 6 heteroatoms. The predicted molar refractivity (Wildman–Crippen MR) is 140 cm³/mol. The summed E-state index contributed by atoms with van der Waals surface area (Å²) in [6.07, 6.45) is 7.20. The molecule has 0 aliphatic heterocycles. The molecular weight excluding hydrogens is 434 g/mol. The van der Waals surface area contributed by atoms with Gasteiger partial charge >= 0.3 is 0 Å². The smallest absolute Gasteiger partial charge is 0.255 e. The molecule has 1 fully saturated rings. The normalized spacial score (nSPS) is 16.7. The van der Waals surface area contributed by atoms with Crippen LogP contribution < -0.4 is 16.4 Å². The Morgan fingerprint density at radius 3 is 2.57 bits per heavy atom. The fourth-order valence-corrected chi connectivity index (χ4v) is 4.44. The Hall–Kier alpha value is -3.90. The van der Waals surface area contributed by atoms with E-state index in [0.29, 0.717) is 28.9 Å². The molecule has 1 aliphatic carbocycles. The molecule has 0 bridgehead atoms. The zero-order chi connectivity index (χ0) is 24.0. The van der Waals surface area contributed by atoms with Gasteiger partial charge in [-0.1, -0.05) is 54.6 Å². The highest BCUT2D eigenvalue weighted by Gasteiger charge is 2.37. The van der Waals surface area contributed by atoms with Crippen molar-refractivity contribution < 1.29 is 4.79 Å². The third kappa shape index (κ3) is 5.97. The second-order valence-electron chi connectivity index (χ2n) is 9.18. The Labute approximate surface area is 206 Å². The van der Waals surface area contributed by atoms with Gasteiger partial charge in [-0.3, -0.25) is 4.79 Å². The van der Waals surface area contributed by atoms with Gasteiger partial charge in [-0.2, -0.15) is 0 Å². The number of nitrogens with two attached hydrogens (primary N) is 1. The Morgan fingerprint density at radius 1 is 1.00 bits per heavy atom. The number of carbonyl (C=O) groups is 1. The first-order valence-corrected chi connectivity index (χ1v) is 12.2. The zero-order valence-electron chi connectivity index (χ0n) is 19.7. The molecule has 0 radical (unpaired) electrons. The molecule has 0 spiro atoms. The Bertz CT molecular complexity index is 1270. The minimum Gasteiger partial charge on any atom is -0.397 e. The second kappa shape index (κ2) is 10.6. The van der Waals surface area contributed by atoms with Crippen molar-refractivity contribution >= 4 is 17.3 Å². The molecule has 1 heterocycles. The number of aromatic nitrogens is 2. The number of hydrogen-bond donors (Lipinski definition) is 3. The van der Waals surface area contributed by atoms with Gasteiger partial charge < -0.3 is 20.9 Å². The number of amides is 1. The number of rotatable bonds is 10. The highest BCUT2D eigenvalue weighted by molar-refractivity contribution is 6.05. The summed E-state index contributed by atoms with van der Waals surface area (Å²) < 4.78 is 2.16. The van der Waals surface area contributed by atoms with Gasteiger partial charge in [0.25, 0.3) is 5.91 Å². The third-order valence-corrected chi connectivity index (χ3v) is 6.56. The fourth-order valence-electron chi connectivity index (χ4n) is 4.44. The molecule has 2 atom stereocenters. The van der Waals surface area contributed by atoms with Crippen LogP contribution in [0.1, 0.15) is 45.9 Å². The molecular formula is C29H31N5O. The Kier molecular flexibility index (Phi) is 6.91. The largest absolute Gasteiger partial charge is 0.397 e. The highest BCUT2D eigenvalue weighted by Crippen LogP contribution is 2.40. The van der Waals surface area contributed by atoms with E-state index in [1.54, 1.807) is 12.1 Å². The lowest BCUT2D eigenvalue weighted by Gasteiger charge is -2.08. The van der Waals surface area contributed by atoms with E-state index in [2.05, 4.69) is 56.7 Å². The molecule has 4 aromatic rings. The van der Waals surface area contributed by atoms with Crippen LogP contribution in [0, 0.1) is 0 Å². The standard InChI is InChI=1S/C29H31N5O/c30-26-10-4-5-11-27(26)33-29(35)23-14-12-21(13-15-23)7-6-16-34-19-24(32-20-34)18-31-28-17-25(28)22-8-2-1-3-9-22/h1-5,8-15,19-20,25,28,31H,6-7,16-18,30H2,(H,33,35). The van der Waals surface area contributed by atoms with Crippen LogP contribution in [0.5, 0.6) is 0 Å². The first-order chi connectivity index (χ1) is 17.2. The third-order valence-electron chi connectivity index (χ3n) is 6.56. The van der Waals surface area contributed by atoms with Crippen molar-refractivity contribution in [3.05, 3.63) is 114 Å². The average Bonchev–Trinajstić information content (AvgIpc) is 3.54. The highest BCUT2D eigenvalue weighted by atomic mass is 16.1. The maximum atomic E-state index is 12.5. The van der Waals surface area contributed by atoms with Crippen molar-refractivity contribution in [3.8, 4) is 0 Å². The number of hydrogen-bond acceptors (Lipinski definition) is 4. The van der Waals surface area contributed by atoms with Crippen molar-refractivity contribution in [2.24, 2.45) is 0 Å². The monoisotopic (exact) mass is 465 g/mol. The molecule has 1 aliphatic rings. The van der Waals surface area contributed by atoms with Crippen LogP contribution in [-0.4, -0.2) is 21.5 Å². The second-order valence-corrected chi connectivity index (χ2v) is 9.18. The first kappa shape index (κ1) is 22.9. The van der Waals surface area contributed by atoms with Crippen molar-refractivity contribution in [1.82, 2.24) is 14.9 Å². The van der Waals surface area contributed by atoms with E-state index in [-0.39, 0.29) is 5.91 Å². The lowest BCUT2D eigenvalue weighted by Crippen LogP contribution is -2.17. The van der Waals surface area contributed by atoms with E-state index in [1.165, 1.54) is 17.5 Å². The van der Waals surface area contributed by atoms with Crippen LogP contribution in [-0.2, 0) is 19.5 Å². The number of nitrogen functional groups attached to an aromatic ring is 1. The van der Waals surface area contributed by atoms with Gasteiger partial charge in [0.05, 0.1) is 23.4 Å². The molecule has 0 saturated heterocycles.